The average Bonchev–Trinajstić information content (AvgIpc) is 3.54. The number of hydrogen-bond acceptors (Lipinski definition) is 5. The van der Waals surface area contributed by atoms with Crippen molar-refractivity contribution >= 4 is 34.9 Å². The molecule has 0 bridgehead atoms. The number of nitrogens with zero attached hydrogens (tertiary/aromatic N) is 2. The van der Waals surface area contributed by atoms with E-state index in [4.69, 9.17) is 4.74 Å². The number of aryl methyl sites for hydroxylation is 1. The molecule has 1 aromatic heterocycles. The van der Waals surface area contributed by atoms with Crippen LogP contribution in [0, 0.1) is 0 Å². The van der Waals surface area contributed by atoms with E-state index in [0.717, 1.165) is 20.9 Å². The van der Waals surface area contributed by atoms with Crippen molar-refractivity contribution in [3.8, 4) is 5.75 Å². The number of ether oxygens (including phenoxy) is 1. The Hall–Kier alpha value is -3.65. The molecular formula is C25H23N3O4S. The fourth-order valence-electron chi connectivity index (χ4n) is 4.60. The van der Waals surface area contributed by atoms with Gasteiger partial charge in [-0.1, -0.05) is 30.3 Å². The zero-order valence-electron chi connectivity index (χ0n) is 18.1. The van der Waals surface area contributed by atoms with Crippen molar-refractivity contribution in [1.82, 2.24) is 10.2 Å². The van der Waals surface area contributed by atoms with Crippen molar-refractivity contribution in [1.29, 1.82) is 0 Å². The van der Waals surface area contributed by atoms with Gasteiger partial charge in [0.05, 0.1) is 13.7 Å². The molecule has 1 N–H and O–H groups in total. The second-order valence-electron chi connectivity index (χ2n) is 8.14. The Morgan fingerprint density at radius 2 is 1.91 bits per heavy atom. The van der Waals surface area contributed by atoms with Crippen molar-refractivity contribution in [3.05, 3.63) is 82.0 Å². The summed E-state index contributed by atoms with van der Waals surface area (Å²) in [5.74, 6) is -0.0183. The van der Waals surface area contributed by atoms with Crippen LogP contribution in [0.25, 0.3) is 0 Å². The van der Waals surface area contributed by atoms with E-state index < -0.39 is 11.6 Å². The van der Waals surface area contributed by atoms with E-state index >= 15 is 0 Å². The molecule has 8 heteroatoms. The first kappa shape index (κ1) is 21.2. The van der Waals surface area contributed by atoms with Gasteiger partial charge >= 0.3 is 6.03 Å². The van der Waals surface area contributed by atoms with Crippen molar-refractivity contribution in [2.24, 2.45) is 0 Å². The number of carbonyl (C=O) groups excluding carboxylic acids is 3. The van der Waals surface area contributed by atoms with Crippen LogP contribution in [0.2, 0.25) is 0 Å². The molecule has 1 aliphatic carbocycles. The summed E-state index contributed by atoms with van der Waals surface area (Å²) in [6.07, 6.45) is 1.21. The van der Waals surface area contributed by atoms with Crippen LogP contribution in [0.3, 0.4) is 0 Å². The Morgan fingerprint density at radius 1 is 1.12 bits per heavy atom. The summed E-state index contributed by atoms with van der Waals surface area (Å²) < 4.78 is 5.23. The molecule has 2 aromatic carbocycles. The predicted molar refractivity (Wildman–Crippen MR) is 125 cm³/mol. The molecule has 0 unspecified atom stereocenters. The number of anilines is 1. The highest BCUT2D eigenvalue weighted by molar-refractivity contribution is 7.09. The molecule has 4 amide bonds. The molecule has 0 saturated carbocycles. The van der Waals surface area contributed by atoms with Gasteiger partial charge < -0.3 is 15.0 Å². The molecule has 7 nitrogen and oxygen atoms in total. The average molecular weight is 462 g/mol. The van der Waals surface area contributed by atoms with E-state index in [1.165, 1.54) is 0 Å². The number of nitrogens with one attached hydrogen (secondary N) is 1. The largest absolute Gasteiger partial charge is 0.497 e. The minimum absolute atomic E-state index is 0.327. The Morgan fingerprint density at radius 3 is 2.64 bits per heavy atom. The van der Waals surface area contributed by atoms with Gasteiger partial charge in [-0.15, -0.1) is 11.3 Å². The van der Waals surface area contributed by atoms with E-state index in [-0.39, 0.29) is 18.4 Å². The maximum absolute atomic E-state index is 13.5. The lowest BCUT2D eigenvalue weighted by Gasteiger charge is -2.25. The number of benzene rings is 2. The number of thiophene rings is 1. The monoisotopic (exact) mass is 461 g/mol. The van der Waals surface area contributed by atoms with Crippen molar-refractivity contribution in [2.45, 2.75) is 24.9 Å². The summed E-state index contributed by atoms with van der Waals surface area (Å²) in [7, 11) is 1.58. The van der Waals surface area contributed by atoms with Gasteiger partial charge in [0.2, 0.25) is 5.91 Å². The quantitative estimate of drug-likeness (QED) is 0.568. The summed E-state index contributed by atoms with van der Waals surface area (Å²) in [5.41, 5.74) is 1.47. The van der Waals surface area contributed by atoms with Crippen molar-refractivity contribution in [2.75, 3.05) is 18.6 Å². The number of methoxy groups -OCH3 is 1. The summed E-state index contributed by atoms with van der Waals surface area (Å²) in [4.78, 5) is 43.4. The molecule has 33 heavy (non-hydrogen) atoms. The number of fused-ring (bicyclic) bond motifs is 2. The van der Waals surface area contributed by atoms with Gasteiger partial charge in [-0.05, 0) is 59.7 Å². The molecular weight excluding hydrogens is 438 g/mol. The third-order valence-corrected chi connectivity index (χ3v) is 7.16. The van der Waals surface area contributed by atoms with Crippen LogP contribution in [0.5, 0.6) is 5.75 Å². The molecule has 2 aliphatic rings. The number of carbonyl (C=O) groups is 3. The molecule has 1 fully saturated rings. The standard InChI is InChI=1S/C25H23N3O4S/c1-32-19-10-8-18(9-11-19)27(15-20-6-4-14-33-20)22(29)16-28-23(30)25(26-24(28)31)13-12-17-5-2-3-7-21(17)25/h2-11,14H,12-13,15-16H2,1H3,(H,26,31)/t25-/m1/s1. The second kappa shape index (κ2) is 8.37. The van der Waals surface area contributed by atoms with Crippen molar-refractivity contribution in [3.63, 3.8) is 0 Å². The number of rotatable bonds is 6. The number of amides is 4. The highest BCUT2D eigenvalue weighted by Gasteiger charge is 2.55. The maximum Gasteiger partial charge on any atom is 0.325 e. The van der Waals surface area contributed by atoms with E-state index in [2.05, 4.69) is 5.32 Å². The Labute approximate surface area is 195 Å². The van der Waals surface area contributed by atoms with Gasteiger partial charge in [0, 0.05) is 10.6 Å². The zero-order valence-corrected chi connectivity index (χ0v) is 18.9. The normalized spacial score (nSPS) is 19.0. The third-order valence-electron chi connectivity index (χ3n) is 6.29. The second-order valence-corrected chi connectivity index (χ2v) is 9.17. The Balaban J connectivity index is 1.41. The molecule has 5 rings (SSSR count). The summed E-state index contributed by atoms with van der Waals surface area (Å²) in [6.45, 7) is 0.0203. The van der Waals surface area contributed by atoms with Gasteiger partial charge in [-0.25, -0.2) is 4.79 Å². The minimum Gasteiger partial charge on any atom is -0.497 e. The number of imide groups is 1. The van der Waals surface area contributed by atoms with E-state index in [0.29, 0.717) is 30.8 Å². The summed E-state index contributed by atoms with van der Waals surface area (Å²) in [6, 6.07) is 18.2. The molecule has 168 valence electrons. The first-order chi connectivity index (χ1) is 16.0. The van der Waals surface area contributed by atoms with Gasteiger partial charge in [0.15, 0.2) is 0 Å². The lowest BCUT2D eigenvalue weighted by molar-refractivity contribution is -0.134. The lowest BCUT2D eigenvalue weighted by atomic mass is 9.92. The molecule has 3 aromatic rings. The minimum atomic E-state index is -1.08. The number of urea groups is 1. The topological polar surface area (TPSA) is 79.0 Å². The van der Waals surface area contributed by atoms with Crippen LogP contribution in [0.1, 0.15) is 22.4 Å². The highest BCUT2D eigenvalue weighted by Crippen LogP contribution is 2.41. The van der Waals surface area contributed by atoms with Crippen LogP contribution in [0.4, 0.5) is 10.5 Å². The van der Waals surface area contributed by atoms with Crippen LogP contribution in [0.15, 0.2) is 66.0 Å². The Bertz CT molecular complexity index is 1210. The first-order valence-corrected chi connectivity index (χ1v) is 11.6. The number of hydrogen-bond donors (Lipinski definition) is 1. The zero-order chi connectivity index (χ0) is 23.0. The summed E-state index contributed by atoms with van der Waals surface area (Å²) in [5, 5.41) is 4.83. The fraction of sp³-hybridized carbons (Fsp3) is 0.240. The molecule has 1 aliphatic heterocycles. The molecule has 1 saturated heterocycles. The third kappa shape index (κ3) is 3.66. The maximum atomic E-state index is 13.5. The van der Waals surface area contributed by atoms with Gasteiger partial charge in [-0.2, -0.15) is 0 Å². The summed E-state index contributed by atoms with van der Waals surface area (Å²) >= 11 is 1.54. The predicted octanol–water partition coefficient (Wildman–Crippen LogP) is 3.68. The highest BCUT2D eigenvalue weighted by atomic mass is 32.1. The van der Waals surface area contributed by atoms with Crippen molar-refractivity contribution < 1.29 is 19.1 Å². The lowest BCUT2D eigenvalue weighted by Crippen LogP contribution is -2.44. The smallest absolute Gasteiger partial charge is 0.325 e. The van der Waals surface area contributed by atoms with Crippen LogP contribution < -0.4 is 15.0 Å². The van der Waals surface area contributed by atoms with E-state index in [1.54, 1.807) is 47.6 Å². The molecule has 1 atom stereocenters. The Kier molecular flexibility index (Phi) is 5.38. The molecule has 0 radical (unpaired) electrons. The van der Waals surface area contributed by atoms with E-state index in [9.17, 15) is 14.4 Å². The SMILES string of the molecule is COc1ccc(N(Cc2cccs2)C(=O)CN2C(=O)N[C@@]3(CCc4ccccc43)C2=O)cc1. The van der Waals surface area contributed by atoms with Gasteiger partial charge in [-0.3, -0.25) is 14.5 Å². The first-order valence-electron chi connectivity index (χ1n) is 10.7. The molecule has 2 heterocycles. The fourth-order valence-corrected chi connectivity index (χ4v) is 5.29. The van der Waals surface area contributed by atoms with Crippen LogP contribution in [-0.2, 0) is 28.1 Å². The molecule has 1 spiro atoms. The van der Waals surface area contributed by atoms with Crippen LogP contribution >= 0.6 is 11.3 Å². The van der Waals surface area contributed by atoms with E-state index in [1.807, 2.05) is 41.8 Å². The van der Waals surface area contributed by atoms with Gasteiger partial charge in [0.25, 0.3) is 5.91 Å². The van der Waals surface area contributed by atoms with Gasteiger partial charge in [0.1, 0.15) is 17.8 Å². The van der Waals surface area contributed by atoms with Crippen LogP contribution in [-0.4, -0.2) is 36.4 Å².